The van der Waals surface area contributed by atoms with Crippen LogP contribution < -0.4 is 0 Å². The summed E-state index contributed by atoms with van der Waals surface area (Å²) in [7, 11) is 0. The highest BCUT2D eigenvalue weighted by atomic mass is 17.0. The standard InChI is InChI=1S/C25H52O8/c1-8-15-17-18-19-20-22-33-25(30-13-6,31-14-7)23(26,27-10-3)24(28-11-4,29-12-5)32-21-16-9-2/h26H,8-22H2,1-7H3. The SMILES string of the molecule is CCCCCCCCOC(OCC)(OCC)C(O)(OCC)C(OCC)(OCC)OCCCC. The third-order valence-electron chi connectivity index (χ3n) is 5.10. The Kier molecular flexibility index (Phi) is 18.8. The lowest BCUT2D eigenvalue weighted by Crippen LogP contribution is -2.74. The number of hydrogen-bond donors (Lipinski definition) is 1. The van der Waals surface area contributed by atoms with Gasteiger partial charge >= 0.3 is 17.7 Å². The molecule has 0 aromatic carbocycles. The lowest BCUT2D eigenvalue weighted by molar-refractivity contribution is -0.585. The molecule has 0 aliphatic heterocycles. The minimum absolute atomic E-state index is 0.123. The van der Waals surface area contributed by atoms with Crippen molar-refractivity contribution < 1.29 is 38.3 Å². The van der Waals surface area contributed by atoms with Gasteiger partial charge in [0.05, 0.1) is 13.2 Å². The van der Waals surface area contributed by atoms with Gasteiger partial charge in [-0.2, -0.15) is 0 Å². The van der Waals surface area contributed by atoms with Crippen LogP contribution in [0, 0.1) is 0 Å². The molecule has 0 saturated carbocycles. The average molecular weight is 481 g/mol. The van der Waals surface area contributed by atoms with Gasteiger partial charge in [-0.05, 0) is 47.5 Å². The first-order valence-corrected chi connectivity index (χ1v) is 13.1. The van der Waals surface area contributed by atoms with E-state index in [1.807, 2.05) is 0 Å². The smallest absolute Gasteiger partial charge is 0.349 e. The molecule has 0 radical (unpaired) electrons. The fourth-order valence-corrected chi connectivity index (χ4v) is 3.61. The second-order valence-electron chi connectivity index (χ2n) is 7.74. The van der Waals surface area contributed by atoms with Crippen LogP contribution in [0.3, 0.4) is 0 Å². The van der Waals surface area contributed by atoms with Gasteiger partial charge in [0, 0.05) is 33.0 Å². The molecule has 1 unspecified atom stereocenters. The first-order chi connectivity index (χ1) is 15.9. The molecule has 8 heteroatoms. The van der Waals surface area contributed by atoms with E-state index >= 15 is 0 Å². The number of ether oxygens (including phenoxy) is 7. The maximum atomic E-state index is 12.2. The van der Waals surface area contributed by atoms with Crippen molar-refractivity contribution in [1.29, 1.82) is 0 Å². The molecule has 200 valence electrons. The van der Waals surface area contributed by atoms with Crippen LogP contribution in [0.4, 0.5) is 0 Å². The molecule has 0 aliphatic carbocycles. The van der Waals surface area contributed by atoms with Gasteiger partial charge in [0.25, 0.3) is 0 Å². The van der Waals surface area contributed by atoms with E-state index in [9.17, 15) is 5.11 Å². The van der Waals surface area contributed by atoms with Gasteiger partial charge in [-0.3, -0.25) is 0 Å². The zero-order chi connectivity index (χ0) is 25.1. The largest absolute Gasteiger partial charge is 0.353 e. The van der Waals surface area contributed by atoms with E-state index in [0.717, 1.165) is 32.1 Å². The van der Waals surface area contributed by atoms with E-state index in [2.05, 4.69) is 13.8 Å². The predicted molar refractivity (Wildman–Crippen MR) is 129 cm³/mol. The summed E-state index contributed by atoms with van der Waals surface area (Å²) in [4.78, 5) is 0. The highest BCUT2D eigenvalue weighted by molar-refractivity contribution is 4.91. The maximum absolute atomic E-state index is 12.2. The van der Waals surface area contributed by atoms with Crippen LogP contribution in [-0.4, -0.2) is 69.1 Å². The van der Waals surface area contributed by atoms with E-state index < -0.39 is 17.7 Å². The average Bonchev–Trinajstić information content (AvgIpc) is 2.79. The molecule has 0 aliphatic rings. The molecule has 0 aromatic rings. The molecule has 8 nitrogen and oxygen atoms in total. The van der Waals surface area contributed by atoms with Crippen molar-refractivity contribution in [2.75, 3.05) is 46.2 Å². The van der Waals surface area contributed by atoms with Gasteiger partial charge < -0.3 is 38.3 Å². The van der Waals surface area contributed by atoms with Crippen molar-refractivity contribution >= 4 is 0 Å². The Balaban J connectivity index is 6.11. The van der Waals surface area contributed by atoms with Gasteiger partial charge in [-0.25, -0.2) is 0 Å². The Morgan fingerprint density at radius 1 is 0.424 bits per heavy atom. The predicted octanol–water partition coefficient (Wildman–Crippen LogP) is 5.36. The summed E-state index contributed by atoms with van der Waals surface area (Å²) in [5, 5.41) is 12.2. The van der Waals surface area contributed by atoms with Gasteiger partial charge in [-0.1, -0.05) is 52.4 Å². The second kappa shape index (κ2) is 18.9. The van der Waals surface area contributed by atoms with Gasteiger partial charge in [0.15, 0.2) is 0 Å². The monoisotopic (exact) mass is 480 g/mol. The number of hydrogen-bond acceptors (Lipinski definition) is 8. The summed E-state index contributed by atoms with van der Waals surface area (Å²) < 4.78 is 42.0. The normalized spacial score (nSPS) is 14.5. The topological polar surface area (TPSA) is 84.8 Å². The Hall–Kier alpha value is -0.320. The third-order valence-corrected chi connectivity index (χ3v) is 5.10. The van der Waals surface area contributed by atoms with E-state index in [4.69, 9.17) is 33.2 Å². The summed E-state index contributed by atoms with van der Waals surface area (Å²) in [5.74, 6) is -6.37. The van der Waals surface area contributed by atoms with Crippen molar-refractivity contribution in [3.8, 4) is 0 Å². The van der Waals surface area contributed by atoms with E-state index in [-0.39, 0.29) is 39.6 Å². The molecule has 0 amide bonds. The minimum Gasteiger partial charge on any atom is -0.353 e. The van der Waals surface area contributed by atoms with Crippen molar-refractivity contribution in [2.24, 2.45) is 0 Å². The zero-order valence-electron chi connectivity index (χ0n) is 22.4. The van der Waals surface area contributed by atoms with Crippen LogP contribution in [0.15, 0.2) is 0 Å². The van der Waals surface area contributed by atoms with Crippen molar-refractivity contribution in [2.45, 2.75) is 118 Å². The lowest BCUT2D eigenvalue weighted by Gasteiger charge is -2.51. The first kappa shape index (κ1) is 32.7. The molecule has 0 aromatic heterocycles. The molecule has 0 rings (SSSR count). The summed E-state index contributed by atoms with van der Waals surface area (Å²) >= 11 is 0. The molecule has 0 bridgehead atoms. The van der Waals surface area contributed by atoms with Crippen LogP contribution in [0.5, 0.6) is 0 Å². The van der Waals surface area contributed by atoms with Crippen molar-refractivity contribution in [3.63, 3.8) is 0 Å². The number of aliphatic hydroxyl groups is 1. The maximum Gasteiger partial charge on any atom is 0.349 e. The van der Waals surface area contributed by atoms with Crippen LogP contribution in [-0.2, 0) is 33.2 Å². The fourth-order valence-electron chi connectivity index (χ4n) is 3.61. The van der Waals surface area contributed by atoms with Gasteiger partial charge in [0.1, 0.15) is 0 Å². The molecular weight excluding hydrogens is 428 g/mol. The number of rotatable bonds is 24. The Morgan fingerprint density at radius 2 is 0.788 bits per heavy atom. The van der Waals surface area contributed by atoms with Crippen molar-refractivity contribution in [3.05, 3.63) is 0 Å². The van der Waals surface area contributed by atoms with Crippen LogP contribution in [0.25, 0.3) is 0 Å². The molecule has 1 atom stereocenters. The minimum atomic E-state index is -2.36. The molecule has 0 heterocycles. The molecule has 1 N–H and O–H groups in total. The molecule has 0 fully saturated rings. The Morgan fingerprint density at radius 3 is 1.18 bits per heavy atom. The van der Waals surface area contributed by atoms with Crippen molar-refractivity contribution in [1.82, 2.24) is 0 Å². The summed E-state index contributed by atoms with van der Waals surface area (Å²) in [5.41, 5.74) is 0. The van der Waals surface area contributed by atoms with E-state index in [1.165, 1.54) is 19.3 Å². The van der Waals surface area contributed by atoms with Crippen LogP contribution >= 0.6 is 0 Å². The van der Waals surface area contributed by atoms with Crippen LogP contribution in [0.1, 0.15) is 99.8 Å². The molecule has 33 heavy (non-hydrogen) atoms. The third kappa shape index (κ3) is 9.68. The summed E-state index contributed by atoms with van der Waals surface area (Å²) in [6.45, 7) is 14.7. The van der Waals surface area contributed by atoms with Gasteiger partial charge in [0.2, 0.25) is 0 Å². The molecule has 0 saturated heterocycles. The summed E-state index contributed by atoms with van der Waals surface area (Å²) in [6, 6.07) is 0. The molecule has 0 spiro atoms. The highest BCUT2D eigenvalue weighted by Gasteiger charge is 2.72. The second-order valence-corrected chi connectivity index (χ2v) is 7.74. The van der Waals surface area contributed by atoms with Gasteiger partial charge in [-0.15, -0.1) is 0 Å². The summed E-state index contributed by atoms with van der Waals surface area (Å²) in [6.07, 6.45) is 8.21. The Labute approximate surface area is 202 Å². The van der Waals surface area contributed by atoms with E-state index in [1.54, 1.807) is 34.6 Å². The quantitative estimate of drug-likeness (QED) is 0.146. The number of unbranched alkanes of at least 4 members (excludes halogenated alkanes) is 6. The van der Waals surface area contributed by atoms with Crippen LogP contribution in [0.2, 0.25) is 0 Å². The molecular formula is C25H52O8. The van der Waals surface area contributed by atoms with E-state index in [0.29, 0.717) is 6.61 Å². The lowest BCUT2D eigenvalue weighted by atomic mass is 10.1. The fraction of sp³-hybridized carbons (Fsp3) is 1.00. The highest BCUT2D eigenvalue weighted by Crippen LogP contribution is 2.43. The first-order valence-electron chi connectivity index (χ1n) is 13.1. The Bertz CT molecular complexity index is 436. The zero-order valence-corrected chi connectivity index (χ0v) is 22.4.